The summed E-state index contributed by atoms with van der Waals surface area (Å²) in [6.45, 7) is 7.43. The predicted molar refractivity (Wildman–Crippen MR) is 201 cm³/mol. The van der Waals surface area contributed by atoms with Crippen molar-refractivity contribution in [3.63, 3.8) is 0 Å². The zero-order valence-corrected chi connectivity index (χ0v) is 30.4. The van der Waals surface area contributed by atoms with Gasteiger partial charge in [-0.25, -0.2) is 9.37 Å². The molecule has 0 unspecified atom stereocenters. The van der Waals surface area contributed by atoms with E-state index in [1.54, 1.807) is 23.1 Å². The van der Waals surface area contributed by atoms with Crippen LogP contribution in [0.15, 0.2) is 60.8 Å². The molecule has 0 aliphatic carbocycles. The fraction of sp³-hybridized carbons (Fsp3) is 0.400. The maximum atomic E-state index is 14.3. The van der Waals surface area contributed by atoms with E-state index in [-0.39, 0.29) is 17.9 Å². The largest absolute Gasteiger partial charge is 0.388 e. The van der Waals surface area contributed by atoms with Crippen LogP contribution in [0.5, 0.6) is 0 Å². The minimum atomic E-state index is -0.403. The monoisotopic (exact) mass is 725 g/mol. The molecule has 272 valence electrons. The number of benzene rings is 2. The van der Waals surface area contributed by atoms with Crippen molar-refractivity contribution >= 4 is 46.6 Å². The highest BCUT2D eigenvalue weighted by atomic mass is 32.1. The number of halogens is 1. The van der Waals surface area contributed by atoms with E-state index in [2.05, 4.69) is 20.5 Å². The van der Waals surface area contributed by atoms with E-state index in [0.717, 1.165) is 91.3 Å². The van der Waals surface area contributed by atoms with Crippen molar-refractivity contribution in [1.82, 2.24) is 10.3 Å². The number of amides is 2. The van der Waals surface area contributed by atoms with Gasteiger partial charge in [0.1, 0.15) is 11.6 Å². The molecule has 3 fully saturated rings. The Morgan fingerprint density at radius 3 is 2.44 bits per heavy atom. The van der Waals surface area contributed by atoms with Crippen LogP contribution >= 0.6 is 11.3 Å². The van der Waals surface area contributed by atoms with Crippen LogP contribution in [0.3, 0.4) is 0 Å². The molecule has 0 radical (unpaired) electrons. The van der Waals surface area contributed by atoms with Crippen molar-refractivity contribution in [3.8, 4) is 10.4 Å². The molecule has 4 aromatic rings. The molecule has 2 aromatic carbocycles. The van der Waals surface area contributed by atoms with Crippen LogP contribution in [0.4, 0.5) is 21.6 Å². The van der Waals surface area contributed by atoms with Gasteiger partial charge in [-0.3, -0.25) is 14.4 Å². The van der Waals surface area contributed by atoms with Crippen molar-refractivity contribution in [2.24, 2.45) is 5.41 Å². The van der Waals surface area contributed by atoms with Crippen molar-refractivity contribution < 1.29 is 28.2 Å². The van der Waals surface area contributed by atoms with Gasteiger partial charge in [-0.05, 0) is 105 Å². The smallest absolute Gasteiger partial charge is 0.261 e. The molecular formula is C40H44FN5O5S. The average Bonchev–Trinajstić information content (AvgIpc) is 3.53. The van der Waals surface area contributed by atoms with Crippen LogP contribution in [-0.2, 0) is 15.9 Å². The maximum Gasteiger partial charge on any atom is 0.261 e. The lowest BCUT2D eigenvalue weighted by molar-refractivity contribution is -0.000499. The fourth-order valence-electron chi connectivity index (χ4n) is 7.44. The summed E-state index contributed by atoms with van der Waals surface area (Å²) in [6, 6.07) is 15.7. The predicted octanol–water partition coefficient (Wildman–Crippen LogP) is 6.53. The highest BCUT2D eigenvalue weighted by Crippen LogP contribution is 2.43. The van der Waals surface area contributed by atoms with Gasteiger partial charge < -0.3 is 29.9 Å². The first kappa shape index (κ1) is 35.7. The molecule has 12 heteroatoms. The number of aldehydes is 1. The standard InChI is InChI=1S/C26H26FN3O3S.C14H18N2O2/c1-28-19-5-2-16(3-6-19)26(32)30-11-8-17-14-23(25(31)29-20-9-12-33-13-10-20)34-24(17)21-7-4-18(27)15-22(21)30;1-11-6-12(8-17)13(15-7-11)16-9-14(10-16)2-4-18-5-3-14/h2-7,14-15,20,28H,8-13H2,1H3,(H,29,31);6-8H,2-5,9-10H2,1H3. The van der Waals surface area contributed by atoms with Gasteiger partial charge in [-0.15, -0.1) is 11.3 Å². The van der Waals surface area contributed by atoms with Gasteiger partial charge in [0.25, 0.3) is 11.8 Å². The third-order valence-electron chi connectivity index (χ3n) is 10.4. The van der Waals surface area contributed by atoms with E-state index in [1.165, 1.54) is 23.5 Å². The average molecular weight is 726 g/mol. The SMILES string of the molecule is CNc1ccc(C(=O)N2CCc3cc(C(=O)NC4CCOCC4)sc3-c3ccc(F)cc32)cc1.Cc1cnc(N2CC3(CCOCC3)C2)c(C=O)c1. The Kier molecular flexibility index (Phi) is 10.7. The van der Waals surface area contributed by atoms with Gasteiger partial charge in [0.2, 0.25) is 0 Å². The molecule has 10 nitrogen and oxygen atoms in total. The molecule has 6 heterocycles. The summed E-state index contributed by atoms with van der Waals surface area (Å²) in [5, 5.41) is 6.15. The summed E-state index contributed by atoms with van der Waals surface area (Å²) in [7, 11) is 1.82. The number of fused-ring (bicyclic) bond motifs is 3. The number of aryl methyl sites for hydroxylation is 1. The molecule has 4 aliphatic rings. The molecule has 0 bridgehead atoms. The summed E-state index contributed by atoms with van der Waals surface area (Å²) >= 11 is 1.40. The van der Waals surface area contributed by atoms with E-state index in [4.69, 9.17) is 9.47 Å². The van der Waals surface area contributed by atoms with E-state index in [0.29, 0.717) is 53.3 Å². The number of nitrogens with one attached hydrogen (secondary N) is 2. The summed E-state index contributed by atoms with van der Waals surface area (Å²) in [6.07, 6.45) is 7.20. The van der Waals surface area contributed by atoms with Crippen LogP contribution in [0.2, 0.25) is 0 Å². The van der Waals surface area contributed by atoms with Crippen molar-refractivity contribution in [3.05, 3.63) is 93.7 Å². The summed E-state index contributed by atoms with van der Waals surface area (Å²) in [5.41, 5.74) is 5.88. The Balaban J connectivity index is 0.000000196. The zero-order valence-electron chi connectivity index (χ0n) is 29.6. The maximum absolute atomic E-state index is 14.3. The van der Waals surface area contributed by atoms with Crippen LogP contribution in [0.25, 0.3) is 10.4 Å². The highest BCUT2D eigenvalue weighted by molar-refractivity contribution is 7.17. The molecule has 0 atom stereocenters. The number of carbonyl (C=O) groups is 3. The molecule has 4 aliphatic heterocycles. The van der Waals surface area contributed by atoms with Gasteiger partial charge in [0.05, 0.1) is 16.1 Å². The number of ether oxygens (including phenoxy) is 2. The van der Waals surface area contributed by atoms with Gasteiger partial charge in [-0.1, -0.05) is 0 Å². The third kappa shape index (κ3) is 7.60. The molecule has 1 spiro atoms. The van der Waals surface area contributed by atoms with E-state index in [1.807, 2.05) is 44.4 Å². The normalized spacial score (nSPS) is 17.8. The number of aromatic nitrogens is 1. The number of carbonyl (C=O) groups excluding carboxylic acids is 3. The lowest BCUT2D eigenvalue weighted by Crippen LogP contribution is -2.59. The number of hydrogen-bond acceptors (Lipinski definition) is 9. The second kappa shape index (κ2) is 15.5. The molecular weight excluding hydrogens is 682 g/mol. The second-order valence-corrected chi connectivity index (χ2v) is 15.1. The van der Waals surface area contributed by atoms with E-state index < -0.39 is 5.82 Å². The van der Waals surface area contributed by atoms with Gasteiger partial charge >= 0.3 is 0 Å². The summed E-state index contributed by atoms with van der Waals surface area (Å²) in [4.78, 5) is 47.2. The minimum absolute atomic E-state index is 0.0915. The van der Waals surface area contributed by atoms with Crippen LogP contribution < -0.4 is 20.4 Å². The van der Waals surface area contributed by atoms with E-state index in [9.17, 15) is 18.8 Å². The van der Waals surface area contributed by atoms with Gasteiger partial charge in [0, 0.05) is 92.5 Å². The molecule has 0 saturated carbocycles. The van der Waals surface area contributed by atoms with Crippen LogP contribution in [0.1, 0.15) is 67.2 Å². The quantitative estimate of drug-likeness (QED) is 0.216. The first-order valence-electron chi connectivity index (χ1n) is 17.9. The summed E-state index contributed by atoms with van der Waals surface area (Å²) in [5.74, 6) is 0.167. The van der Waals surface area contributed by atoms with Crippen molar-refractivity contribution in [2.75, 3.05) is 68.2 Å². The Bertz CT molecular complexity index is 1930. The first-order valence-corrected chi connectivity index (χ1v) is 18.7. The molecule has 8 rings (SSSR count). The fourth-order valence-corrected chi connectivity index (χ4v) is 8.59. The molecule has 3 saturated heterocycles. The topological polar surface area (TPSA) is 113 Å². The lowest BCUT2D eigenvalue weighted by atomic mass is 9.73. The van der Waals surface area contributed by atoms with Crippen molar-refractivity contribution in [2.45, 2.75) is 45.1 Å². The third-order valence-corrected chi connectivity index (χ3v) is 11.6. The molecule has 2 aromatic heterocycles. The number of nitrogens with zero attached hydrogens (tertiary/aromatic N) is 3. The Morgan fingerprint density at radius 1 is 1.00 bits per heavy atom. The Hall–Kier alpha value is -4.65. The molecule has 2 amide bonds. The number of pyridine rings is 1. The van der Waals surface area contributed by atoms with Crippen molar-refractivity contribution in [1.29, 1.82) is 0 Å². The number of rotatable bonds is 6. The number of anilines is 3. The zero-order chi connectivity index (χ0) is 36.2. The van der Waals surface area contributed by atoms with E-state index >= 15 is 0 Å². The molecule has 52 heavy (non-hydrogen) atoms. The second-order valence-electron chi connectivity index (χ2n) is 14.0. The first-order chi connectivity index (χ1) is 25.3. The van der Waals surface area contributed by atoms with Gasteiger partial charge in [-0.2, -0.15) is 0 Å². The molecule has 2 N–H and O–H groups in total. The summed E-state index contributed by atoms with van der Waals surface area (Å²) < 4.78 is 25.1. The van der Waals surface area contributed by atoms with Crippen LogP contribution in [-0.4, -0.2) is 82.2 Å². The van der Waals surface area contributed by atoms with Gasteiger partial charge in [0.15, 0.2) is 6.29 Å². The number of thiophene rings is 1. The van der Waals surface area contributed by atoms with Crippen LogP contribution in [0, 0.1) is 18.2 Å². The number of hydrogen-bond donors (Lipinski definition) is 2. The minimum Gasteiger partial charge on any atom is -0.388 e. The lowest BCUT2D eigenvalue weighted by Gasteiger charge is -2.53. The highest BCUT2D eigenvalue weighted by Gasteiger charge is 2.44. The Morgan fingerprint density at radius 2 is 1.73 bits per heavy atom. The Labute approximate surface area is 307 Å².